The summed E-state index contributed by atoms with van der Waals surface area (Å²) in [6.07, 6.45) is 8.65. The SMILES string of the molecule is C=CCOc1c(CC=C)cc(C2C3=C(CCCC3=O)N(CC)C3=C2C(=O)CCC3)cc1OCC. The van der Waals surface area contributed by atoms with Crippen LogP contribution in [0.4, 0.5) is 0 Å². The molecule has 1 aliphatic heterocycles. The van der Waals surface area contributed by atoms with Crippen LogP contribution in [0.2, 0.25) is 0 Å². The molecule has 0 spiro atoms. The second kappa shape index (κ2) is 10.5. The van der Waals surface area contributed by atoms with Gasteiger partial charge in [-0.2, -0.15) is 0 Å². The molecule has 0 atom stereocenters. The first kappa shape index (κ1) is 24.1. The quantitative estimate of drug-likeness (QED) is 0.434. The van der Waals surface area contributed by atoms with Gasteiger partial charge in [-0.3, -0.25) is 9.59 Å². The Kier molecular flexibility index (Phi) is 7.40. The zero-order chi connectivity index (χ0) is 24.2. The number of allylic oxidation sites excluding steroid dienone is 5. The van der Waals surface area contributed by atoms with Gasteiger partial charge in [0, 0.05) is 53.4 Å². The number of ether oxygens (including phenoxy) is 2. The first-order valence-corrected chi connectivity index (χ1v) is 12.5. The van der Waals surface area contributed by atoms with E-state index in [2.05, 4.69) is 31.0 Å². The van der Waals surface area contributed by atoms with Crippen LogP contribution in [0.1, 0.15) is 69.4 Å². The van der Waals surface area contributed by atoms with E-state index in [0.29, 0.717) is 44.0 Å². The Hall–Kier alpha value is -3.08. The third-order valence-corrected chi connectivity index (χ3v) is 6.90. The summed E-state index contributed by atoms with van der Waals surface area (Å²) in [6.45, 7) is 13.3. The molecule has 0 fully saturated rings. The van der Waals surface area contributed by atoms with Crippen molar-refractivity contribution in [1.29, 1.82) is 0 Å². The number of carbonyl (C=O) groups excluding carboxylic acids is 2. The van der Waals surface area contributed by atoms with Crippen LogP contribution in [0.25, 0.3) is 0 Å². The van der Waals surface area contributed by atoms with Crippen molar-refractivity contribution in [3.63, 3.8) is 0 Å². The zero-order valence-corrected chi connectivity index (χ0v) is 20.5. The molecule has 0 bridgehead atoms. The maximum absolute atomic E-state index is 13.4. The van der Waals surface area contributed by atoms with Gasteiger partial charge in [-0.15, -0.1) is 6.58 Å². The number of hydrogen-bond donors (Lipinski definition) is 0. The van der Waals surface area contributed by atoms with E-state index in [4.69, 9.17) is 9.47 Å². The monoisotopic (exact) mass is 461 g/mol. The van der Waals surface area contributed by atoms with Gasteiger partial charge in [0.1, 0.15) is 6.61 Å². The van der Waals surface area contributed by atoms with Gasteiger partial charge in [0.15, 0.2) is 23.1 Å². The van der Waals surface area contributed by atoms with Crippen LogP contribution < -0.4 is 9.47 Å². The molecular formula is C29H35NO4. The lowest BCUT2D eigenvalue weighted by molar-refractivity contribution is -0.117. The van der Waals surface area contributed by atoms with Gasteiger partial charge < -0.3 is 14.4 Å². The summed E-state index contributed by atoms with van der Waals surface area (Å²) < 4.78 is 12.0. The van der Waals surface area contributed by atoms with E-state index < -0.39 is 0 Å². The Labute approximate surface area is 202 Å². The number of benzene rings is 1. The van der Waals surface area contributed by atoms with Crippen molar-refractivity contribution >= 4 is 11.6 Å². The fraction of sp³-hybridized carbons (Fsp3) is 0.448. The van der Waals surface area contributed by atoms with E-state index in [9.17, 15) is 9.59 Å². The highest BCUT2D eigenvalue weighted by Gasteiger charge is 2.43. The maximum Gasteiger partial charge on any atom is 0.165 e. The number of rotatable bonds is 9. The Morgan fingerprint density at radius 3 is 2.12 bits per heavy atom. The molecule has 0 aromatic heterocycles. The van der Waals surface area contributed by atoms with E-state index in [1.165, 1.54) is 0 Å². The van der Waals surface area contributed by atoms with Crippen LogP contribution >= 0.6 is 0 Å². The second-order valence-corrected chi connectivity index (χ2v) is 8.98. The third kappa shape index (κ3) is 4.24. The van der Waals surface area contributed by atoms with Gasteiger partial charge in [0.2, 0.25) is 0 Å². The third-order valence-electron chi connectivity index (χ3n) is 6.90. The highest BCUT2D eigenvalue weighted by Crippen LogP contribution is 2.50. The van der Waals surface area contributed by atoms with Crippen LogP contribution in [0, 0.1) is 0 Å². The number of Topliss-reactive ketones (excluding diaryl/α,β-unsaturated/α-hetero) is 2. The summed E-state index contributed by atoms with van der Waals surface area (Å²) in [4.78, 5) is 29.0. The van der Waals surface area contributed by atoms with Crippen molar-refractivity contribution < 1.29 is 19.1 Å². The van der Waals surface area contributed by atoms with E-state index in [0.717, 1.165) is 65.9 Å². The number of nitrogens with zero attached hydrogens (tertiary/aromatic N) is 1. The van der Waals surface area contributed by atoms with Crippen molar-refractivity contribution in [2.24, 2.45) is 0 Å². The molecule has 5 heteroatoms. The summed E-state index contributed by atoms with van der Waals surface area (Å²) >= 11 is 0. The standard InChI is InChI=1S/C29H35NO4/c1-5-11-19-17-20(18-25(33-8-4)29(19)34-16-6-2)26-27-21(12-9-14-23(27)31)30(7-3)22-13-10-15-24(32)28(22)26/h5-6,17-18,26H,1-2,7-16H2,3-4H3. The second-order valence-electron chi connectivity index (χ2n) is 8.98. The lowest BCUT2D eigenvalue weighted by atomic mass is 9.70. The molecule has 0 N–H and O–H groups in total. The highest BCUT2D eigenvalue weighted by molar-refractivity contribution is 6.06. The van der Waals surface area contributed by atoms with Crippen LogP contribution in [0.15, 0.2) is 60.0 Å². The molecule has 1 heterocycles. The molecule has 0 saturated carbocycles. The van der Waals surface area contributed by atoms with E-state index >= 15 is 0 Å². The minimum atomic E-state index is -0.357. The fourth-order valence-electron chi connectivity index (χ4n) is 5.66. The van der Waals surface area contributed by atoms with Gasteiger partial charge in [-0.05, 0) is 57.6 Å². The molecular weight excluding hydrogens is 426 g/mol. The Morgan fingerprint density at radius 1 is 0.941 bits per heavy atom. The number of ketones is 2. The van der Waals surface area contributed by atoms with Crippen molar-refractivity contribution in [2.45, 2.75) is 64.7 Å². The summed E-state index contributed by atoms with van der Waals surface area (Å²) in [5.74, 6) is 1.26. The number of carbonyl (C=O) groups is 2. The van der Waals surface area contributed by atoms with Crippen molar-refractivity contribution in [3.05, 3.63) is 71.1 Å². The van der Waals surface area contributed by atoms with E-state index in [-0.39, 0.29) is 17.5 Å². The van der Waals surface area contributed by atoms with E-state index in [1.54, 1.807) is 6.08 Å². The van der Waals surface area contributed by atoms with Crippen LogP contribution in [0.5, 0.6) is 11.5 Å². The smallest absolute Gasteiger partial charge is 0.165 e. The van der Waals surface area contributed by atoms with Crippen molar-refractivity contribution in [1.82, 2.24) is 4.90 Å². The lowest BCUT2D eigenvalue weighted by Gasteiger charge is -2.43. The molecule has 0 radical (unpaired) electrons. The molecule has 0 unspecified atom stereocenters. The lowest BCUT2D eigenvalue weighted by Crippen LogP contribution is -2.39. The molecule has 2 aliphatic carbocycles. The molecule has 0 amide bonds. The normalized spacial score (nSPS) is 18.6. The van der Waals surface area contributed by atoms with Gasteiger partial charge in [0.25, 0.3) is 0 Å². The summed E-state index contributed by atoms with van der Waals surface area (Å²) in [5, 5.41) is 0. The average molecular weight is 462 g/mol. The molecule has 180 valence electrons. The van der Waals surface area contributed by atoms with E-state index in [1.807, 2.05) is 19.1 Å². The molecule has 0 saturated heterocycles. The largest absolute Gasteiger partial charge is 0.490 e. The van der Waals surface area contributed by atoms with Gasteiger partial charge in [-0.1, -0.05) is 24.8 Å². The van der Waals surface area contributed by atoms with Crippen LogP contribution in [0.3, 0.4) is 0 Å². The van der Waals surface area contributed by atoms with Crippen molar-refractivity contribution in [3.8, 4) is 11.5 Å². The number of hydrogen-bond acceptors (Lipinski definition) is 5. The Morgan fingerprint density at radius 2 is 1.59 bits per heavy atom. The predicted octanol–water partition coefficient (Wildman–Crippen LogP) is 5.81. The molecule has 34 heavy (non-hydrogen) atoms. The first-order valence-electron chi connectivity index (χ1n) is 12.5. The molecule has 3 aliphatic rings. The van der Waals surface area contributed by atoms with Crippen molar-refractivity contribution in [2.75, 3.05) is 19.8 Å². The molecule has 1 aromatic rings. The molecule has 4 rings (SSSR count). The first-order chi connectivity index (χ1) is 16.5. The van der Waals surface area contributed by atoms with Gasteiger partial charge in [-0.25, -0.2) is 0 Å². The van der Waals surface area contributed by atoms with Gasteiger partial charge >= 0.3 is 0 Å². The minimum Gasteiger partial charge on any atom is -0.490 e. The Bertz CT molecular complexity index is 1030. The molecule has 5 nitrogen and oxygen atoms in total. The zero-order valence-electron chi connectivity index (χ0n) is 20.5. The Balaban J connectivity index is 1.97. The van der Waals surface area contributed by atoms with Crippen LogP contribution in [-0.2, 0) is 16.0 Å². The summed E-state index contributed by atoms with van der Waals surface area (Å²) in [6, 6.07) is 4.05. The minimum absolute atomic E-state index is 0.157. The summed E-state index contributed by atoms with van der Waals surface area (Å²) in [7, 11) is 0. The fourth-order valence-corrected chi connectivity index (χ4v) is 5.66. The molecule has 1 aromatic carbocycles. The topological polar surface area (TPSA) is 55.8 Å². The summed E-state index contributed by atoms with van der Waals surface area (Å²) in [5.41, 5.74) is 5.67. The average Bonchev–Trinajstić information content (AvgIpc) is 2.83. The predicted molar refractivity (Wildman–Crippen MR) is 134 cm³/mol. The van der Waals surface area contributed by atoms with Gasteiger partial charge in [0.05, 0.1) is 6.61 Å². The maximum atomic E-state index is 13.4. The van der Waals surface area contributed by atoms with Crippen LogP contribution in [-0.4, -0.2) is 36.2 Å². The highest BCUT2D eigenvalue weighted by atomic mass is 16.5.